The fourth-order valence-electron chi connectivity index (χ4n) is 3.85. The number of rotatable bonds is 0. The van der Waals surface area contributed by atoms with E-state index in [0.717, 1.165) is 43.9 Å². The van der Waals surface area contributed by atoms with Crippen LogP contribution in [0.3, 0.4) is 0 Å². The summed E-state index contributed by atoms with van der Waals surface area (Å²) in [5.74, 6) is -0.320. The van der Waals surface area contributed by atoms with Crippen molar-refractivity contribution < 1.29 is 9.47 Å². The summed E-state index contributed by atoms with van der Waals surface area (Å²) in [6.07, 6.45) is 6.16. The van der Waals surface area contributed by atoms with Crippen molar-refractivity contribution in [2.24, 2.45) is 0 Å². The highest BCUT2D eigenvalue weighted by molar-refractivity contribution is 9.11. The van der Waals surface area contributed by atoms with Gasteiger partial charge in [-0.25, -0.2) is 0 Å². The van der Waals surface area contributed by atoms with Crippen LogP contribution in [-0.4, -0.2) is 19.0 Å². The van der Waals surface area contributed by atoms with Crippen molar-refractivity contribution >= 4 is 33.6 Å². The second kappa shape index (κ2) is 4.57. The summed E-state index contributed by atoms with van der Waals surface area (Å²) >= 11 is 10.1. The Hall–Kier alpha value is -0.350. The van der Waals surface area contributed by atoms with E-state index in [2.05, 4.69) is 34.1 Å². The lowest BCUT2D eigenvalue weighted by molar-refractivity contribution is -0.182. The smallest absolute Gasteiger partial charge is 0.168 e. The molecule has 1 aromatic carbocycles. The molecule has 2 spiro atoms. The van der Waals surface area contributed by atoms with Crippen LogP contribution >= 0.6 is 27.5 Å². The number of hydrogen-bond donors (Lipinski definition) is 0. The monoisotopic (exact) mass is 354 g/mol. The van der Waals surface area contributed by atoms with Gasteiger partial charge < -0.3 is 9.47 Å². The van der Waals surface area contributed by atoms with Gasteiger partial charge in [0.15, 0.2) is 5.79 Å². The Labute approximate surface area is 132 Å². The van der Waals surface area contributed by atoms with Crippen LogP contribution < -0.4 is 0 Å². The molecule has 0 bridgehead atoms. The van der Waals surface area contributed by atoms with Gasteiger partial charge in [-0.05, 0) is 36.1 Å². The lowest BCUT2D eigenvalue weighted by Gasteiger charge is -2.42. The largest absolute Gasteiger partial charge is 0.348 e. The molecule has 0 aromatic heterocycles. The topological polar surface area (TPSA) is 18.5 Å². The third kappa shape index (κ3) is 1.77. The van der Waals surface area contributed by atoms with E-state index in [1.165, 1.54) is 15.6 Å². The van der Waals surface area contributed by atoms with E-state index >= 15 is 0 Å². The van der Waals surface area contributed by atoms with Gasteiger partial charge in [0.2, 0.25) is 0 Å². The number of hydrogen-bond acceptors (Lipinski definition) is 2. The molecule has 0 atom stereocenters. The molecular formula is C16H16BrClO2. The average Bonchev–Trinajstić information content (AvgIpc) is 3.00. The van der Waals surface area contributed by atoms with E-state index in [-0.39, 0.29) is 11.2 Å². The molecule has 3 aliphatic rings. The van der Waals surface area contributed by atoms with Gasteiger partial charge in [0, 0.05) is 27.8 Å². The van der Waals surface area contributed by atoms with Crippen molar-refractivity contribution in [1.82, 2.24) is 0 Å². The molecule has 1 heterocycles. The van der Waals surface area contributed by atoms with Crippen LogP contribution in [0.15, 0.2) is 22.7 Å². The molecule has 4 heteroatoms. The maximum absolute atomic E-state index is 6.34. The maximum Gasteiger partial charge on any atom is 0.168 e. The fourth-order valence-corrected chi connectivity index (χ4v) is 4.91. The molecule has 1 aromatic rings. The summed E-state index contributed by atoms with van der Waals surface area (Å²) in [5.41, 5.74) is 2.59. The second-order valence-electron chi connectivity index (χ2n) is 5.88. The molecule has 2 aliphatic carbocycles. The Morgan fingerprint density at radius 2 is 1.75 bits per heavy atom. The van der Waals surface area contributed by atoms with Crippen LogP contribution in [0.1, 0.15) is 36.8 Å². The molecule has 1 aliphatic heterocycles. The number of ether oxygens (including phenoxy) is 2. The van der Waals surface area contributed by atoms with Crippen molar-refractivity contribution in [3.8, 4) is 0 Å². The molecule has 0 amide bonds. The zero-order chi connectivity index (χ0) is 13.8. The zero-order valence-electron chi connectivity index (χ0n) is 11.1. The number of halogens is 2. The predicted octanol–water partition coefficient (Wildman–Crippen LogP) is 4.64. The van der Waals surface area contributed by atoms with Gasteiger partial charge in [-0.1, -0.05) is 39.7 Å². The lowest BCUT2D eigenvalue weighted by atomic mass is 9.69. The van der Waals surface area contributed by atoms with Crippen LogP contribution in [0.5, 0.6) is 0 Å². The van der Waals surface area contributed by atoms with Gasteiger partial charge in [0.05, 0.1) is 13.2 Å². The van der Waals surface area contributed by atoms with Crippen molar-refractivity contribution in [1.29, 1.82) is 0 Å². The molecule has 1 saturated carbocycles. The van der Waals surface area contributed by atoms with E-state index < -0.39 is 0 Å². The summed E-state index contributed by atoms with van der Waals surface area (Å²) in [4.78, 5) is 0. The Morgan fingerprint density at radius 1 is 1.05 bits per heavy atom. The molecule has 20 heavy (non-hydrogen) atoms. The normalized spacial score (nSPS) is 26.0. The quantitative estimate of drug-likeness (QED) is 0.675. The number of fused-ring (bicyclic) bond motifs is 2. The summed E-state index contributed by atoms with van der Waals surface area (Å²) < 4.78 is 12.9. The first-order chi connectivity index (χ1) is 9.65. The molecule has 0 N–H and O–H groups in total. The first-order valence-electron chi connectivity index (χ1n) is 7.10. The Bertz CT molecular complexity index is 580. The molecule has 1 saturated heterocycles. The number of allylic oxidation sites excluding steroid dienone is 1. The minimum absolute atomic E-state index is 0.0702. The van der Waals surface area contributed by atoms with Crippen molar-refractivity contribution in [2.75, 3.05) is 13.2 Å². The highest BCUT2D eigenvalue weighted by atomic mass is 79.9. The van der Waals surface area contributed by atoms with E-state index in [4.69, 9.17) is 21.1 Å². The molecule has 0 unspecified atom stereocenters. The van der Waals surface area contributed by atoms with Gasteiger partial charge in [0.25, 0.3) is 0 Å². The van der Waals surface area contributed by atoms with E-state index in [9.17, 15) is 0 Å². The van der Waals surface area contributed by atoms with Crippen LogP contribution in [-0.2, 0) is 14.9 Å². The number of benzene rings is 1. The minimum Gasteiger partial charge on any atom is -0.348 e. The SMILES string of the molecule is Clc1cccc2c1C=C(Br)C21CCC2(CC1)OCCO2. The summed E-state index contributed by atoms with van der Waals surface area (Å²) in [6, 6.07) is 6.22. The molecule has 2 nitrogen and oxygen atoms in total. The summed E-state index contributed by atoms with van der Waals surface area (Å²) in [6.45, 7) is 1.46. The first-order valence-corrected chi connectivity index (χ1v) is 8.27. The summed E-state index contributed by atoms with van der Waals surface area (Å²) in [5, 5.41) is 0.838. The van der Waals surface area contributed by atoms with Crippen molar-refractivity contribution in [2.45, 2.75) is 36.9 Å². The van der Waals surface area contributed by atoms with E-state index in [0.29, 0.717) is 0 Å². The molecule has 0 radical (unpaired) electrons. The van der Waals surface area contributed by atoms with Crippen molar-refractivity contribution in [3.63, 3.8) is 0 Å². The molecule has 4 rings (SSSR count). The van der Waals surface area contributed by atoms with Gasteiger partial charge in [-0.3, -0.25) is 0 Å². The third-order valence-corrected chi connectivity index (χ3v) is 6.29. The van der Waals surface area contributed by atoms with Gasteiger partial charge in [-0.15, -0.1) is 0 Å². The minimum atomic E-state index is -0.320. The van der Waals surface area contributed by atoms with E-state index in [1.54, 1.807) is 0 Å². The van der Waals surface area contributed by atoms with Crippen molar-refractivity contribution in [3.05, 3.63) is 38.8 Å². The Morgan fingerprint density at radius 3 is 2.45 bits per heavy atom. The van der Waals surface area contributed by atoms with Crippen LogP contribution in [0.25, 0.3) is 6.08 Å². The van der Waals surface area contributed by atoms with Crippen LogP contribution in [0.4, 0.5) is 0 Å². The maximum atomic E-state index is 6.34. The van der Waals surface area contributed by atoms with E-state index in [1.807, 2.05) is 6.07 Å². The van der Waals surface area contributed by atoms with Crippen LogP contribution in [0.2, 0.25) is 5.02 Å². The highest BCUT2D eigenvalue weighted by Gasteiger charge is 2.50. The first kappa shape index (κ1) is 13.3. The molecular weight excluding hydrogens is 340 g/mol. The average molecular weight is 356 g/mol. The second-order valence-corrected chi connectivity index (χ2v) is 7.14. The lowest BCUT2D eigenvalue weighted by Crippen LogP contribution is -2.41. The van der Waals surface area contributed by atoms with Gasteiger partial charge in [-0.2, -0.15) is 0 Å². The Kier molecular flexibility index (Phi) is 3.05. The summed E-state index contributed by atoms with van der Waals surface area (Å²) in [7, 11) is 0. The van der Waals surface area contributed by atoms with Gasteiger partial charge >= 0.3 is 0 Å². The van der Waals surface area contributed by atoms with Crippen LogP contribution in [0, 0.1) is 0 Å². The predicted molar refractivity (Wildman–Crippen MR) is 83.1 cm³/mol. The zero-order valence-corrected chi connectivity index (χ0v) is 13.5. The third-order valence-electron chi connectivity index (χ3n) is 4.98. The van der Waals surface area contributed by atoms with Gasteiger partial charge in [0.1, 0.15) is 0 Å². The Balaban J connectivity index is 1.70. The standard InChI is InChI=1S/C16H16BrClO2/c17-14-10-11-12(2-1-3-13(11)18)15(14)4-6-16(7-5-15)19-8-9-20-16/h1-3,10H,4-9H2. The highest BCUT2D eigenvalue weighted by Crippen LogP contribution is 2.56. The molecule has 106 valence electrons. The fraction of sp³-hybridized carbons (Fsp3) is 0.500. The molecule has 2 fully saturated rings.